The Balaban J connectivity index is 1.82. The van der Waals surface area contributed by atoms with Gasteiger partial charge in [0.1, 0.15) is 0 Å². The zero-order chi connectivity index (χ0) is 15.7. The van der Waals surface area contributed by atoms with Crippen LogP contribution in [0, 0.1) is 20.8 Å². The Kier molecular flexibility index (Phi) is 3.80. The first-order valence-electron chi connectivity index (χ1n) is 7.46. The van der Waals surface area contributed by atoms with Crippen molar-refractivity contribution in [2.45, 2.75) is 33.3 Å². The molecule has 2 aromatic rings. The second kappa shape index (κ2) is 5.76. The minimum atomic E-state index is -0.516. The first kappa shape index (κ1) is 14.5. The van der Waals surface area contributed by atoms with Gasteiger partial charge >= 0.3 is 0 Å². The monoisotopic (exact) mass is 293 g/mol. The number of aryl methyl sites for hydroxylation is 3. The number of nitrogens with zero attached hydrogens (tertiary/aromatic N) is 1. The van der Waals surface area contributed by atoms with Crippen LogP contribution in [0.15, 0.2) is 47.6 Å². The lowest BCUT2D eigenvalue weighted by atomic mass is 9.92. The highest BCUT2D eigenvalue weighted by molar-refractivity contribution is 6.09. The number of hydrogen-bond donors (Lipinski definition) is 0. The van der Waals surface area contributed by atoms with Gasteiger partial charge in [0.15, 0.2) is 6.10 Å². The number of oxime groups is 1. The topological polar surface area (TPSA) is 38.7 Å². The molecule has 0 saturated heterocycles. The minimum absolute atomic E-state index is 0.0123. The molecule has 0 amide bonds. The van der Waals surface area contributed by atoms with E-state index in [2.05, 4.69) is 38.1 Å². The molecule has 0 aromatic heterocycles. The summed E-state index contributed by atoms with van der Waals surface area (Å²) >= 11 is 0. The zero-order valence-electron chi connectivity index (χ0n) is 13.1. The lowest BCUT2D eigenvalue weighted by molar-refractivity contribution is 0.0556. The van der Waals surface area contributed by atoms with E-state index in [0.29, 0.717) is 12.0 Å². The lowest BCUT2D eigenvalue weighted by Gasteiger charge is -2.10. The number of hydrogen-bond acceptors (Lipinski definition) is 3. The molecule has 0 aliphatic carbocycles. The molecule has 1 heterocycles. The van der Waals surface area contributed by atoms with Gasteiger partial charge in [-0.2, -0.15) is 0 Å². The SMILES string of the molecule is Cc1cc(C)c(C2=NO[C@H](C(=O)c3ccccc3)C2)c(C)c1. The van der Waals surface area contributed by atoms with Crippen molar-refractivity contribution in [3.63, 3.8) is 0 Å². The van der Waals surface area contributed by atoms with Crippen LogP contribution >= 0.6 is 0 Å². The summed E-state index contributed by atoms with van der Waals surface area (Å²) in [7, 11) is 0. The van der Waals surface area contributed by atoms with Crippen molar-refractivity contribution >= 4 is 11.5 Å². The molecule has 3 rings (SSSR count). The lowest BCUT2D eigenvalue weighted by Crippen LogP contribution is -2.21. The summed E-state index contributed by atoms with van der Waals surface area (Å²) in [5.41, 5.74) is 6.22. The van der Waals surface area contributed by atoms with Crippen molar-refractivity contribution in [1.82, 2.24) is 0 Å². The van der Waals surface area contributed by atoms with E-state index in [1.165, 1.54) is 16.7 Å². The number of carbonyl (C=O) groups excluding carboxylic acids is 1. The number of rotatable bonds is 3. The summed E-state index contributed by atoms with van der Waals surface area (Å²) in [6.45, 7) is 6.23. The Bertz CT molecular complexity index is 724. The first-order valence-corrected chi connectivity index (χ1v) is 7.46. The van der Waals surface area contributed by atoms with E-state index < -0.39 is 6.10 Å². The molecule has 1 aliphatic heterocycles. The number of carbonyl (C=O) groups is 1. The smallest absolute Gasteiger partial charge is 0.206 e. The molecule has 3 heteroatoms. The Hall–Kier alpha value is -2.42. The van der Waals surface area contributed by atoms with Gasteiger partial charge in [0.05, 0.1) is 5.71 Å². The minimum Gasteiger partial charge on any atom is -0.383 e. The van der Waals surface area contributed by atoms with Crippen LogP contribution < -0.4 is 0 Å². The molecule has 0 saturated carbocycles. The standard InChI is InChI=1S/C19H19NO2/c1-12-9-13(2)18(14(3)10-12)16-11-17(22-20-16)19(21)15-7-5-4-6-8-15/h4-10,17H,11H2,1-3H3/t17-/m0/s1. The Morgan fingerprint density at radius 3 is 2.36 bits per heavy atom. The molecular formula is C19H19NO2. The predicted octanol–water partition coefficient (Wildman–Crippen LogP) is 3.99. The molecular weight excluding hydrogens is 274 g/mol. The van der Waals surface area contributed by atoms with Crippen LogP contribution in [-0.2, 0) is 4.84 Å². The van der Waals surface area contributed by atoms with Crippen molar-refractivity contribution in [2.75, 3.05) is 0 Å². The van der Waals surface area contributed by atoms with Crippen molar-refractivity contribution in [2.24, 2.45) is 5.16 Å². The molecule has 1 atom stereocenters. The van der Waals surface area contributed by atoms with Crippen LogP contribution in [0.5, 0.6) is 0 Å². The Labute approximate surface area is 130 Å². The molecule has 2 aromatic carbocycles. The fourth-order valence-electron chi connectivity index (χ4n) is 3.09. The molecule has 1 aliphatic rings. The maximum atomic E-state index is 12.4. The second-order valence-electron chi connectivity index (χ2n) is 5.84. The maximum Gasteiger partial charge on any atom is 0.206 e. The highest BCUT2D eigenvalue weighted by Crippen LogP contribution is 2.25. The fraction of sp³-hybridized carbons (Fsp3) is 0.263. The van der Waals surface area contributed by atoms with Crippen LogP contribution in [0.2, 0.25) is 0 Å². The summed E-state index contributed by atoms with van der Waals surface area (Å²) in [5.74, 6) is -0.0123. The van der Waals surface area contributed by atoms with Gasteiger partial charge in [-0.05, 0) is 31.9 Å². The third-order valence-electron chi connectivity index (χ3n) is 3.99. The van der Waals surface area contributed by atoms with Gasteiger partial charge in [-0.1, -0.05) is 53.2 Å². The van der Waals surface area contributed by atoms with Crippen molar-refractivity contribution < 1.29 is 9.63 Å². The molecule has 0 bridgehead atoms. The fourth-order valence-corrected chi connectivity index (χ4v) is 3.09. The molecule has 0 radical (unpaired) electrons. The molecule has 0 unspecified atom stereocenters. The van der Waals surface area contributed by atoms with Gasteiger partial charge in [-0.15, -0.1) is 0 Å². The largest absolute Gasteiger partial charge is 0.383 e. The number of Topliss-reactive ketones (excluding diaryl/α,β-unsaturated/α-hetero) is 1. The van der Waals surface area contributed by atoms with E-state index in [9.17, 15) is 4.79 Å². The second-order valence-corrected chi connectivity index (χ2v) is 5.84. The molecule has 0 fully saturated rings. The van der Waals surface area contributed by atoms with Gasteiger partial charge in [-0.25, -0.2) is 0 Å². The summed E-state index contributed by atoms with van der Waals surface area (Å²) in [5, 5.41) is 4.18. The van der Waals surface area contributed by atoms with Crippen LogP contribution in [0.1, 0.15) is 39.0 Å². The zero-order valence-corrected chi connectivity index (χ0v) is 13.1. The van der Waals surface area contributed by atoms with Crippen molar-refractivity contribution in [3.05, 3.63) is 70.3 Å². The van der Waals surface area contributed by atoms with Crippen molar-refractivity contribution in [3.8, 4) is 0 Å². The summed E-state index contributed by atoms with van der Waals surface area (Å²) < 4.78 is 0. The van der Waals surface area contributed by atoms with Crippen LogP contribution in [0.4, 0.5) is 0 Å². The summed E-state index contributed by atoms with van der Waals surface area (Å²) in [6.07, 6.45) is 0.0101. The average Bonchev–Trinajstić information content (AvgIpc) is 2.96. The summed E-state index contributed by atoms with van der Waals surface area (Å²) in [4.78, 5) is 17.9. The van der Waals surface area contributed by atoms with E-state index in [-0.39, 0.29) is 5.78 Å². The van der Waals surface area contributed by atoms with Gasteiger partial charge < -0.3 is 4.84 Å². The molecule has 22 heavy (non-hydrogen) atoms. The van der Waals surface area contributed by atoms with E-state index in [1.807, 2.05) is 30.3 Å². The van der Waals surface area contributed by atoms with Gasteiger partial charge in [0.25, 0.3) is 0 Å². The Morgan fingerprint density at radius 1 is 1.09 bits per heavy atom. The van der Waals surface area contributed by atoms with Crippen LogP contribution in [-0.4, -0.2) is 17.6 Å². The van der Waals surface area contributed by atoms with E-state index >= 15 is 0 Å². The molecule has 112 valence electrons. The van der Waals surface area contributed by atoms with Crippen LogP contribution in [0.25, 0.3) is 0 Å². The van der Waals surface area contributed by atoms with E-state index in [4.69, 9.17) is 4.84 Å². The number of ketones is 1. The molecule has 0 N–H and O–H groups in total. The van der Waals surface area contributed by atoms with E-state index in [1.54, 1.807) is 0 Å². The average molecular weight is 293 g/mol. The third-order valence-corrected chi connectivity index (χ3v) is 3.99. The van der Waals surface area contributed by atoms with Gasteiger partial charge in [0, 0.05) is 17.5 Å². The normalized spacial score (nSPS) is 17.0. The molecule has 3 nitrogen and oxygen atoms in total. The molecule has 0 spiro atoms. The highest BCUT2D eigenvalue weighted by Gasteiger charge is 2.30. The van der Waals surface area contributed by atoms with Gasteiger partial charge in [-0.3, -0.25) is 4.79 Å². The highest BCUT2D eigenvalue weighted by atomic mass is 16.6. The summed E-state index contributed by atoms with van der Waals surface area (Å²) in [6, 6.07) is 13.5. The quantitative estimate of drug-likeness (QED) is 0.803. The number of benzene rings is 2. The van der Waals surface area contributed by atoms with Crippen molar-refractivity contribution in [1.29, 1.82) is 0 Å². The first-order chi connectivity index (χ1) is 10.6. The third kappa shape index (κ3) is 2.67. The van der Waals surface area contributed by atoms with Crippen LogP contribution in [0.3, 0.4) is 0 Å². The maximum absolute atomic E-state index is 12.4. The predicted molar refractivity (Wildman–Crippen MR) is 87.5 cm³/mol. The van der Waals surface area contributed by atoms with E-state index in [0.717, 1.165) is 11.3 Å². The van der Waals surface area contributed by atoms with Gasteiger partial charge in [0.2, 0.25) is 5.78 Å². The Morgan fingerprint density at radius 2 is 1.73 bits per heavy atom.